The Kier molecular flexibility index (Phi) is 3.69. The maximum absolute atomic E-state index is 11.5. The minimum atomic E-state index is -0.342. The predicted octanol–water partition coefficient (Wildman–Crippen LogP) is 0.176. The molecule has 0 aromatic heterocycles. The van der Waals surface area contributed by atoms with Crippen LogP contribution in [0.2, 0.25) is 0 Å². The van der Waals surface area contributed by atoms with Crippen molar-refractivity contribution in [2.24, 2.45) is 5.41 Å². The SMILES string of the molecule is COCCC1(C(=O)OC)CCNC1. The van der Waals surface area contributed by atoms with Crippen molar-refractivity contribution < 1.29 is 14.3 Å². The number of rotatable bonds is 4. The summed E-state index contributed by atoms with van der Waals surface area (Å²) in [5.41, 5.74) is -0.342. The van der Waals surface area contributed by atoms with Crippen LogP contribution in [0.25, 0.3) is 0 Å². The van der Waals surface area contributed by atoms with E-state index in [9.17, 15) is 4.79 Å². The molecule has 0 amide bonds. The third kappa shape index (κ3) is 2.19. The Morgan fingerprint density at radius 2 is 2.31 bits per heavy atom. The molecule has 4 heteroatoms. The lowest BCUT2D eigenvalue weighted by atomic mass is 9.84. The van der Waals surface area contributed by atoms with Gasteiger partial charge in [-0.2, -0.15) is 0 Å². The zero-order chi connectivity index (χ0) is 9.73. The lowest BCUT2D eigenvalue weighted by Crippen LogP contribution is -2.35. The van der Waals surface area contributed by atoms with E-state index >= 15 is 0 Å². The van der Waals surface area contributed by atoms with Gasteiger partial charge in [-0.1, -0.05) is 0 Å². The molecule has 4 nitrogen and oxygen atoms in total. The van der Waals surface area contributed by atoms with Gasteiger partial charge in [0.25, 0.3) is 0 Å². The van der Waals surface area contributed by atoms with Gasteiger partial charge in [0.1, 0.15) is 0 Å². The van der Waals surface area contributed by atoms with Crippen molar-refractivity contribution in [1.82, 2.24) is 5.32 Å². The van der Waals surface area contributed by atoms with E-state index in [4.69, 9.17) is 9.47 Å². The van der Waals surface area contributed by atoms with Crippen LogP contribution in [0, 0.1) is 5.41 Å². The van der Waals surface area contributed by atoms with Gasteiger partial charge < -0.3 is 14.8 Å². The highest BCUT2D eigenvalue weighted by Crippen LogP contribution is 2.30. The molecule has 1 heterocycles. The maximum Gasteiger partial charge on any atom is 0.313 e. The van der Waals surface area contributed by atoms with Gasteiger partial charge in [-0.25, -0.2) is 0 Å². The number of hydrogen-bond donors (Lipinski definition) is 1. The first-order valence-corrected chi connectivity index (χ1v) is 4.53. The minimum Gasteiger partial charge on any atom is -0.469 e. The van der Waals surface area contributed by atoms with Gasteiger partial charge in [-0.05, 0) is 19.4 Å². The molecule has 1 saturated heterocycles. The van der Waals surface area contributed by atoms with Crippen LogP contribution in [-0.4, -0.2) is 39.9 Å². The topological polar surface area (TPSA) is 47.6 Å². The molecular formula is C9H17NO3. The van der Waals surface area contributed by atoms with E-state index in [0.717, 1.165) is 19.4 Å². The highest BCUT2D eigenvalue weighted by Gasteiger charge is 2.41. The number of esters is 1. The first kappa shape index (κ1) is 10.5. The van der Waals surface area contributed by atoms with Gasteiger partial charge in [-0.15, -0.1) is 0 Å². The van der Waals surface area contributed by atoms with Crippen molar-refractivity contribution in [1.29, 1.82) is 0 Å². The summed E-state index contributed by atoms with van der Waals surface area (Å²) >= 11 is 0. The molecule has 1 fully saturated rings. The third-order valence-electron chi connectivity index (χ3n) is 2.65. The van der Waals surface area contributed by atoms with E-state index in [2.05, 4.69) is 5.32 Å². The Balaban J connectivity index is 2.57. The molecule has 0 saturated carbocycles. The van der Waals surface area contributed by atoms with Crippen molar-refractivity contribution in [3.8, 4) is 0 Å². The molecule has 0 aromatic carbocycles. The Morgan fingerprint density at radius 1 is 1.54 bits per heavy atom. The van der Waals surface area contributed by atoms with Crippen LogP contribution in [0.5, 0.6) is 0 Å². The highest BCUT2D eigenvalue weighted by molar-refractivity contribution is 5.77. The number of hydrogen-bond acceptors (Lipinski definition) is 4. The summed E-state index contributed by atoms with van der Waals surface area (Å²) in [6.07, 6.45) is 1.59. The van der Waals surface area contributed by atoms with Crippen molar-refractivity contribution in [2.45, 2.75) is 12.8 Å². The molecule has 13 heavy (non-hydrogen) atoms. The van der Waals surface area contributed by atoms with Gasteiger partial charge >= 0.3 is 5.97 Å². The van der Waals surface area contributed by atoms with Crippen LogP contribution in [0.4, 0.5) is 0 Å². The second kappa shape index (κ2) is 4.58. The van der Waals surface area contributed by atoms with Crippen LogP contribution in [0.1, 0.15) is 12.8 Å². The quantitative estimate of drug-likeness (QED) is 0.638. The van der Waals surface area contributed by atoms with Crippen molar-refractivity contribution >= 4 is 5.97 Å². The van der Waals surface area contributed by atoms with Crippen molar-refractivity contribution in [2.75, 3.05) is 33.9 Å². The monoisotopic (exact) mass is 187 g/mol. The van der Waals surface area contributed by atoms with Crippen molar-refractivity contribution in [3.05, 3.63) is 0 Å². The Hall–Kier alpha value is -0.610. The van der Waals surface area contributed by atoms with Gasteiger partial charge in [0.05, 0.1) is 12.5 Å². The van der Waals surface area contributed by atoms with E-state index in [0.29, 0.717) is 13.2 Å². The number of ether oxygens (including phenoxy) is 2. The minimum absolute atomic E-state index is 0.116. The molecule has 0 aliphatic carbocycles. The summed E-state index contributed by atoms with van der Waals surface area (Å²) in [5.74, 6) is -0.116. The van der Waals surface area contributed by atoms with Crippen LogP contribution in [-0.2, 0) is 14.3 Å². The number of methoxy groups -OCH3 is 2. The molecule has 1 aliphatic rings. The molecular weight excluding hydrogens is 170 g/mol. The summed E-state index contributed by atoms with van der Waals surface area (Å²) in [6.45, 7) is 2.21. The fourth-order valence-corrected chi connectivity index (χ4v) is 1.75. The van der Waals surface area contributed by atoms with Crippen LogP contribution in [0.15, 0.2) is 0 Å². The molecule has 0 radical (unpaired) electrons. The molecule has 1 aliphatic heterocycles. The molecule has 1 N–H and O–H groups in total. The molecule has 0 bridgehead atoms. The average Bonchev–Trinajstić information content (AvgIpc) is 2.63. The highest BCUT2D eigenvalue weighted by atomic mass is 16.5. The lowest BCUT2D eigenvalue weighted by molar-refractivity contribution is -0.152. The smallest absolute Gasteiger partial charge is 0.313 e. The fraction of sp³-hybridized carbons (Fsp3) is 0.889. The van der Waals surface area contributed by atoms with Crippen LogP contribution in [0.3, 0.4) is 0 Å². The molecule has 0 aromatic rings. The summed E-state index contributed by atoms with van der Waals surface area (Å²) in [4.78, 5) is 11.5. The Morgan fingerprint density at radius 3 is 2.77 bits per heavy atom. The van der Waals surface area contributed by atoms with E-state index < -0.39 is 0 Å². The first-order valence-electron chi connectivity index (χ1n) is 4.53. The van der Waals surface area contributed by atoms with Crippen LogP contribution >= 0.6 is 0 Å². The molecule has 1 atom stereocenters. The summed E-state index contributed by atoms with van der Waals surface area (Å²) in [5, 5.41) is 3.18. The Bertz CT molecular complexity index is 176. The molecule has 0 spiro atoms. The molecule has 1 rings (SSSR count). The second-order valence-corrected chi connectivity index (χ2v) is 3.44. The maximum atomic E-state index is 11.5. The molecule has 1 unspecified atom stereocenters. The largest absolute Gasteiger partial charge is 0.469 e. The third-order valence-corrected chi connectivity index (χ3v) is 2.65. The van der Waals surface area contributed by atoms with Gasteiger partial charge in [-0.3, -0.25) is 4.79 Å². The normalized spacial score (nSPS) is 27.5. The average molecular weight is 187 g/mol. The van der Waals surface area contributed by atoms with E-state index in [1.807, 2.05) is 0 Å². The first-order chi connectivity index (χ1) is 6.25. The Labute approximate surface area is 78.6 Å². The zero-order valence-corrected chi connectivity index (χ0v) is 8.26. The molecule has 76 valence electrons. The summed E-state index contributed by atoms with van der Waals surface area (Å²) in [6, 6.07) is 0. The predicted molar refractivity (Wildman–Crippen MR) is 48.4 cm³/mol. The van der Waals surface area contributed by atoms with E-state index in [-0.39, 0.29) is 11.4 Å². The number of nitrogens with one attached hydrogen (secondary N) is 1. The lowest BCUT2D eigenvalue weighted by Gasteiger charge is -2.24. The summed E-state index contributed by atoms with van der Waals surface area (Å²) < 4.78 is 9.79. The number of carbonyl (C=O) groups is 1. The van der Waals surface area contributed by atoms with Crippen LogP contribution < -0.4 is 5.32 Å². The standard InChI is InChI=1S/C9H17NO3/c1-12-6-4-9(8(11)13-2)3-5-10-7-9/h10H,3-7H2,1-2H3. The fourth-order valence-electron chi connectivity index (χ4n) is 1.75. The van der Waals surface area contributed by atoms with E-state index in [1.165, 1.54) is 7.11 Å². The van der Waals surface area contributed by atoms with Gasteiger partial charge in [0.15, 0.2) is 0 Å². The summed E-state index contributed by atoms with van der Waals surface area (Å²) in [7, 11) is 3.09. The van der Waals surface area contributed by atoms with Gasteiger partial charge in [0, 0.05) is 20.3 Å². The van der Waals surface area contributed by atoms with Gasteiger partial charge in [0.2, 0.25) is 0 Å². The number of carbonyl (C=O) groups excluding carboxylic acids is 1. The second-order valence-electron chi connectivity index (χ2n) is 3.44. The zero-order valence-electron chi connectivity index (χ0n) is 8.26. The van der Waals surface area contributed by atoms with Crippen molar-refractivity contribution in [3.63, 3.8) is 0 Å². The van der Waals surface area contributed by atoms with E-state index in [1.54, 1.807) is 7.11 Å².